The van der Waals surface area contributed by atoms with Crippen molar-refractivity contribution in [3.8, 4) is 0 Å². The van der Waals surface area contributed by atoms with Crippen molar-refractivity contribution in [2.75, 3.05) is 26.2 Å². The van der Waals surface area contributed by atoms with Gasteiger partial charge in [0, 0.05) is 31.2 Å². The summed E-state index contributed by atoms with van der Waals surface area (Å²) >= 11 is 5.99. The lowest BCUT2D eigenvalue weighted by Gasteiger charge is -2.37. The molecule has 5 heteroatoms. The number of hydrogen-bond acceptors (Lipinski definition) is 2. The first-order valence-electron chi connectivity index (χ1n) is 7.48. The summed E-state index contributed by atoms with van der Waals surface area (Å²) in [6, 6.07) is 7.88. The van der Waals surface area contributed by atoms with Gasteiger partial charge in [-0.1, -0.05) is 36.6 Å². The normalized spacial score (nSPS) is 20.9. The summed E-state index contributed by atoms with van der Waals surface area (Å²) in [5, 5.41) is 4.04. The average Bonchev–Trinajstić information content (AvgIpc) is 2.99. The number of piperazine rings is 1. The molecule has 0 radical (unpaired) electrons. The Bertz CT molecular complexity index is 478. The predicted molar refractivity (Wildman–Crippen MR) is 88.3 cm³/mol. The van der Waals surface area contributed by atoms with Crippen LogP contribution in [0, 0.1) is 0 Å². The first kappa shape index (κ1) is 16.6. The summed E-state index contributed by atoms with van der Waals surface area (Å²) in [7, 11) is 0. The molecule has 1 aromatic rings. The molecule has 0 unspecified atom stereocenters. The topological polar surface area (TPSA) is 32.3 Å². The summed E-state index contributed by atoms with van der Waals surface area (Å²) in [4.78, 5) is 15.1. The number of nitrogens with zero attached hydrogens (tertiary/aromatic N) is 1. The van der Waals surface area contributed by atoms with Gasteiger partial charge >= 0.3 is 0 Å². The van der Waals surface area contributed by atoms with Crippen molar-refractivity contribution in [1.82, 2.24) is 10.2 Å². The van der Waals surface area contributed by atoms with Crippen LogP contribution in [0.2, 0.25) is 5.02 Å². The first-order valence-corrected chi connectivity index (χ1v) is 7.86. The molecule has 21 heavy (non-hydrogen) atoms. The molecule has 0 spiro atoms. The van der Waals surface area contributed by atoms with Crippen LogP contribution in [0.3, 0.4) is 0 Å². The lowest BCUT2D eigenvalue weighted by molar-refractivity contribution is -0.138. The van der Waals surface area contributed by atoms with Gasteiger partial charge in [-0.2, -0.15) is 0 Å². The van der Waals surface area contributed by atoms with Crippen LogP contribution in [-0.2, 0) is 10.2 Å². The SMILES string of the molecule is Cl.O=C(N1CCNCC1)C1(c2ccc(Cl)cc2)CCCC1. The fourth-order valence-corrected chi connectivity index (χ4v) is 3.67. The number of rotatable bonds is 2. The highest BCUT2D eigenvalue weighted by molar-refractivity contribution is 6.30. The summed E-state index contributed by atoms with van der Waals surface area (Å²) in [5.74, 6) is 0.318. The monoisotopic (exact) mass is 328 g/mol. The molecular formula is C16H22Cl2N2O. The van der Waals surface area contributed by atoms with E-state index in [1.165, 1.54) is 0 Å². The summed E-state index contributed by atoms with van der Waals surface area (Å²) in [6.45, 7) is 3.47. The van der Waals surface area contributed by atoms with Crippen molar-refractivity contribution in [1.29, 1.82) is 0 Å². The molecule has 2 aliphatic rings. The van der Waals surface area contributed by atoms with Crippen LogP contribution in [0.15, 0.2) is 24.3 Å². The smallest absolute Gasteiger partial charge is 0.233 e. The van der Waals surface area contributed by atoms with Crippen molar-refractivity contribution in [3.05, 3.63) is 34.9 Å². The molecule has 1 aromatic carbocycles. The van der Waals surface area contributed by atoms with E-state index in [-0.39, 0.29) is 17.8 Å². The zero-order valence-electron chi connectivity index (χ0n) is 12.1. The fraction of sp³-hybridized carbons (Fsp3) is 0.562. The molecule has 1 aliphatic carbocycles. The van der Waals surface area contributed by atoms with E-state index in [4.69, 9.17) is 11.6 Å². The zero-order chi connectivity index (χ0) is 14.0. The van der Waals surface area contributed by atoms with E-state index in [9.17, 15) is 4.79 Å². The molecule has 0 atom stereocenters. The maximum absolute atomic E-state index is 13.1. The minimum atomic E-state index is -0.304. The van der Waals surface area contributed by atoms with Gasteiger partial charge in [0.1, 0.15) is 0 Å². The average molecular weight is 329 g/mol. The number of halogens is 2. The Morgan fingerprint density at radius 2 is 1.67 bits per heavy atom. The molecule has 3 rings (SSSR count). The van der Waals surface area contributed by atoms with Crippen LogP contribution in [0.25, 0.3) is 0 Å². The molecule has 1 heterocycles. The molecule has 1 N–H and O–H groups in total. The Kier molecular flexibility index (Phi) is 5.53. The number of carbonyl (C=O) groups excluding carboxylic acids is 1. The molecule has 1 saturated heterocycles. The van der Waals surface area contributed by atoms with Gasteiger partial charge in [-0.25, -0.2) is 0 Å². The molecule has 0 bridgehead atoms. The molecule has 1 amide bonds. The summed E-state index contributed by atoms with van der Waals surface area (Å²) in [6.07, 6.45) is 4.22. The second-order valence-electron chi connectivity index (χ2n) is 5.84. The Balaban J connectivity index is 0.00000161. The molecule has 1 saturated carbocycles. The van der Waals surface area contributed by atoms with Gasteiger partial charge in [-0.3, -0.25) is 4.79 Å². The molecule has 116 valence electrons. The lowest BCUT2D eigenvalue weighted by atomic mass is 9.77. The standard InChI is InChI=1S/C16H21ClN2O.ClH/c17-14-5-3-13(4-6-14)16(7-1-2-8-16)15(20)19-11-9-18-10-12-19;/h3-6,18H,1-2,7-12H2;1H. The highest BCUT2D eigenvalue weighted by Gasteiger charge is 2.44. The molecule has 0 aromatic heterocycles. The van der Waals surface area contributed by atoms with E-state index >= 15 is 0 Å². The molecule has 3 nitrogen and oxygen atoms in total. The van der Waals surface area contributed by atoms with Gasteiger partial charge in [-0.05, 0) is 30.5 Å². The van der Waals surface area contributed by atoms with E-state index in [1.54, 1.807) is 0 Å². The van der Waals surface area contributed by atoms with Crippen molar-refractivity contribution < 1.29 is 4.79 Å². The fourth-order valence-electron chi connectivity index (χ4n) is 3.54. The number of benzene rings is 1. The molecular weight excluding hydrogens is 307 g/mol. The Morgan fingerprint density at radius 1 is 1.10 bits per heavy atom. The van der Waals surface area contributed by atoms with Gasteiger partial charge < -0.3 is 10.2 Å². The lowest BCUT2D eigenvalue weighted by Crippen LogP contribution is -2.52. The number of nitrogens with one attached hydrogen (secondary N) is 1. The highest BCUT2D eigenvalue weighted by Crippen LogP contribution is 2.43. The van der Waals surface area contributed by atoms with Gasteiger partial charge in [-0.15, -0.1) is 12.4 Å². The van der Waals surface area contributed by atoms with Crippen molar-refractivity contribution in [2.24, 2.45) is 0 Å². The van der Waals surface area contributed by atoms with Crippen LogP contribution in [0.4, 0.5) is 0 Å². The predicted octanol–water partition coefficient (Wildman–Crippen LogP) is 3.01. The van der Waals surface area contributed by atoms with Crippen LogP contribution in [0.1, 0.15) is 31.2 Å². The second-order valence-corrected chi connectivity index (χ2v) is 6.27. The van der Waals surface area contributed by atoms with Crippen molar-refractivity contribution >= 4 is 29.9 Å². The minimum Gasteiger partial charge on any atom is -0.339 e. The van der Waals surface area contributed by atoms with Gasteiger partial charge in [0.05, 0.1) is 5.41 Å². The largest absolute Gasteiger partial charge is 0.339 e. The van der Waals surface area contributed by atoms with Crippen LogP contribution >= 0.6 is 24.0 Å². The highest BCUT2D eigenvalue weighted by atomic mass is 35.5. The molecule has 1 aliphatic heterocycles. The van der Waals surface area contributed by atoms with E-state index < -0.39 is 0 Å². The third kappa shape index (κ3) is 3.20. The quantitative estimate of drug-likeness (QED) is 0.905. The van der Waals surface area contributed by atoms with Gasteiger partial charge in [0.15, 0.2) is 0 Å². The van der Waals surface area contributed by atoms with Crippen molar-refractivity contribution in [2.45, 2.75) is 31.1 Å². The van der Waals surface area contributed by atoms with E-state index in [1.807, 2.05) is 29.2 Å². The maximum atomic E-state index is 13.1. The van der Waals surface area contributed by atoms with Gasteiger partial charge in [0.2, 0.25) is 5.91 Å². The maximum Gasteiger partial charge on any atom is 0.233 e. The minimum absolute atomic E-state index is 0. The number of amides is 1. The van der Waals surface area contributed by atoms with Crippen LogP contribution in [-0.4, -0.2) is 37.0 Å². The first-order chi connectivity index (χ1) is 9.72. The van der Waals surface area contributed by atoms with Crippen LogP contribution in [0.5, 0.6) is 0 Å². The zero-order valence-corrected chi connectivity index (χ0v) is 13.7. The summed E-state index contributed by atoms with van der Waals surface area (Å²) in [5.41, 5.74) is 0.838. The number of hydrogen-bond donors (Lipinski definition) is 1. The van der Waals surface area contributed by atoms with E-state index in [2.05, 4.69) is 5.32 Å². The van der Waals surface area contributed by atoms with Gasteiger partial charge in [0.25, 0.3) is 0 Å². The van der Waals surface area contributed by atoms with E-state index in [0.717, 1.165) is 62.4 Å². The number of carbonyl (C=O) groups is 1. The van der Waals surface area contributed by atoms with Crippen molar-refractivity contribution in [3.63, 3.8) is 0 Å². The third-order valence-electron chi connectivity index (χ3n) is 4.67. The van der Waals surface area contributed by atoms with Crippen LogP contribution < -0.4 is 5.32 Å². The van der Waals surface area contributed by atoms with E-state index in [0.29, 0.717) is 5.91 Å². The second kappa shape index (κ2) is 6.99. The molecule has 2 fully saturated rings. The Morgan fingerprint density at radius 3 is 2.24 bits per heavy atom. The third-order valence-corrected chi connectivity index (χ3v) is 4.92. The Labute approximate surface area is 137 Å². The summed E-state index contributed by atoms with van der Waals surface area (Å²) < 4.78 is 0. The Hall–Kier alpha value is -0.770.